The minimum atomic E-state index is -0.274. The number of terminal acetylenes is 1. The molecule has 1 amide bonds. The summed E-state index contributed by atoms with van der Waals surface area (Å²) in [6, 6.07) is 18.9. The van der Waals surface area contributed by atoms with Crippen LogP contribution in [0.3, 0.4) is 0 Å². The van der Waals surface area contributed by atoms with E-state index in [1.54, 1.807) is 18.3 Å². The average molecular weight is 454 g/mol. The van der Waals surface area contributed by atoms with Crippen molar-refractivity contribution in [2.75, 3.05) is 6.61 Å². The first kappa shape index (κ1) is 18.0. The second kappa shape index (κ2) is 8.50. The van der Waals surface area contributed by atoms with Gasteiger partial charge in [-0.25, -0.2) is 5.43 Å². The monoisotopic (exact) mass is 454 g/mol. The first-order valence-electron chi connectivity index (χ1n) is 7.86. The fraction of sp³-hybridized carbons (Fsp3) is 0.0476. The van der Waals surface area contributed by atoms with Gasteiger partial charge in [0.2, 0.25) is 0 Å². The Hall–Kier alpha value is -2.85. The van der Waals surface area contributed by atoms with Crippen molar-refractivity contribution in [2.45, 2.75) is 0 Å². The van der Waals surface area contributed by atoms with Gasteiger partial charge in [-0.05, 0) is 63.7 Å². The summed E-state index contributed by atoms with van der Waals surface area (Å²) >= 11 is 2.19. The summed E-state index contributed by atoms with van der Waals surface area (Å²) in [5.41, 5.74) is 3.86. The average Bonchev–Trinajstić information content (AvgIpc) is 2.67. The van der Waals surface area contributed by atoms with Crippen molar-refractivity contribution in [1.82, 2.24) is 5.43 Å². The van der Waals surface area contributed by atoms with E-state index in [2.05, 4.69) is 39.0 Å². The van der Waals surface area contributed by atoms with Gasteiger partial charge in [-0.1, -0.05) is 36.3 Å². The van der Waals surface area contributed by atoms with E-state index in [-0.39, 0.29) is 12.5 Å². The van der Waals surface area contributed by atoms with Gasteiger partial charge in [0.15, 0.2) is 0 Å². The summed E-state index contributed by atoms with van der Waals surface area (Å²) in [5, 5.41) is 6.12. The second-order valence-corrected chi connectivity index (χ2v) is 6.64. The van der Waals surface area contributed by atoms with Crippen molar-refractivity contribution in [1.29, 1.82) is 0 Å². The highest BCUT2D eigenvalue weighted by atomic mass is 127. The lowest BCUT2D eigenvalue weighted by Crippen LogP contribution is -2.17. The number of hydrogen-bond donors (Lipinski definition) is 1. The largest absolute Gasteiger partial charge is 0.480 e. The van der Waals surface area contributed by atoms with Gasteiger partial charge < -0.3 is 4.74 Å². The van der Waals surface area contributed by atoms with Crippen LogP contribution in [0.1, 0.15) is 15.9 Å². The normalized spacial score (nSPS) is 10.6. The summed E-state index contributed by atoms with van der Waals surface area (Å²) in [6.45, 7) is 0.161. The highest BCUT2D eigenvalue weighted by Crippen LogP contribution is 2.26. The SMILES string of the molecule is C#CCOc1ccc2ccccc2c1/C=N\NC(=O)c1ccc(I)cc1. The van der Waals surface area contributed by atoms with Crippen LogP contribution in [-0.4, -0.2) is 18.7 Å². The van der Waals surface area contributed by atoms with Gasteiger partial charge in [0.1, 0.15) is 12.4 Å². The third-order valence-corrected chi connectivity index (χ3v) is 4.43. The van der Waals surface area contributed by atoms with Gasteiger partial charge in [-0.3, -0.25) is 4.79 Å². The number of carbonyl (C=O) groups excluding carboxylic acids is 1. The van der Waals surface area contributed by atoms with Crippen LogP contribution in [0.25, 0.3) is 10.8 Å². The summed E-state index contributed by atoms with van der Waals surface area (Å²) in [6.07, 6.45) is 6.87. The van der Waals surface area contributed by atoms with Gasteiger partial charge >= 0.3 is 0 Å². The lowest BCUT2D eigenvalue weighted by molar-refractivity contribution is 0.0955. The minimum Gasteiger partial charge on any atom is -0.480 e. The van der Waals surface area contributed by atoms with E-state index in [9.17, 15) is 4.79 Å². The first-order valence-corrected chi connectivity index (χ1v) is 8.94. The van der Waals surface area contributed by atoms with Gasteiger partial charge in [0, 0.05) is 14.7 Å². The van der Waals surface area contributed by atoms with Crippen LogP contribution in [0.2, 0.25) is 0 Å². The van der Waals surface area contributed by atoms with Gasteiger partial charge in [0.25, 0.3) is 5.91 Å². The first-order chi connectivity index (χ1) is 12.7. The number of ether oxygens (including phenoxy) is 1. The van der Waals surface area contributed by atoms with Crippen LogP contribution in [0.4, 0.5) is 0 Å². The maximum atomic E-state index is 12.2. The van der Waals surface area contributed by atoms with Crippen LogP contribution >= 0.6 is 22.6 Å². The van der Waals surface area contributed by atoms with Crippen molar-refractivity contribution in [3.05, 3.63) is 75.4 Å². The van der Waals surface area contributed by atoms with E-state index in [1.165, 1.54) is 0 Å². The molecule has 0 aliphatic heterocycles. The molecule has 0 aromatic heterocycles. The summed E-state index contributed by atoms with van der Waals surface area (Å²) in [5.74, 6) is 2.80. The maximum Gasteiger partial charge on any atom is 0.271 e. The van der Waals surface area contributed by atoms with E-state index in [0.29, 0.717) is 11.3 Å². The summed E-state index contributed by atoms with van der Waals surface area (Å²) in [7, 11) is 0. The molecular formula is C21H15IN2O2. The van der Waals surface area contributed by atoms with Gasteiger partial charge in [-0.15, -0.1) is 6.42 Å². The quantitative estimate of drug-likeness (QED) is 0.272. The molecular weight excluding hydrogens is 439 g/mol. The molecule has 1 N–H and O–H groups in total. The molecule has 5 heteroatoms. The molecule has 128 valence electrons. The van der Waals surface area contributed by atoms with Gasteiger partial charge in [-0.2, -0.15) is 5.10 Å². The maximum absolute atomic E-state index is 12.2. The molecule has 0 bridgehead atoms. The number of halogens is 1. The number of hydrogen-bond acceptors (Lipinski definition) is 3. The van der Waals surface area contributed by atoms with E-state index >= 15 is 0 Å². The molecule has 0 radical (unpaired) electrons. The van der Waals surface area contributed by atoms with Crippen molar-refractivity contribution in [3.8, 4) is 18.1 Å². The van der Waals surface area contributed by atoms with Crippen LogP contribution in [0.15, 0.2) is 65.8 Å². The lowest BCUT2D eigenvalue weighted by Gasteiger charge is -2.09. The van der Waals surface area contributed by atoms with Gasteiger partial charge in [0.05, 0.1) is 6.21 Å². The fourth-order valence-corrected chi connectivity index (χ4v) is 2.83. The van der Waals surface area contributed by atoms with Crippen molar-refractivity contribution >= 4 is 45.5 Å². The Morgan fingerprint density at radius 3 is 2.69 bits per heavy atom. The lowest BCUT2D eigenvalue weighted by atomic mass is 10.0. The molecule has 0 spiro atoms. The molecule has 0 aliphatic rings. The topological polar surface area (TPSA) is 50.7 Å². The van der Waals surface area contributed by atoms with Crippen LogP contribution in [0.5, 0.6) is 5.75 Å². The predicted molar refractivity (Wildman–Crippen MR) is 112 cm³/mol. The van der Waals surface area contributed by atoms with Crippen molar-refractivity contribution in [3.63, 3.8) is 0 Å². The summed E-state index contributed by atoms with van der Waals surface area (Å²) in [4.78, 5) is 12.2. The Kier molecular flexibility index (Phi) is 5.87. The zero-order valence-corrected chi connectivity index (χ0v) is 15.9. The number of fused-ring (bicyclic) bond motifs is 1. The zero-order chi connectivity index (χ0) is 18.4. The Labute approximate surface area is 165 Å². The molecule has 0 unspecified atom stereocenters. The molecule has 0 heterocycles. The number of rotatable bonds is 5. The Morgan fingerprint density at radius 2 is 1.92 bits per heavy atom. The van der Waals surface area contributed by atoms with Crippen LogP contribution in [0, 0.1) is 15.9 Å². The molecule has 0 saturated heterocycles. The second-order valence-electron chi connectivity index (χ2n) is 5.40. The number of nitrogens with one attached hydrogen (secondary N) is 1. The minimum absolute atomic E-state index is 0.161. The molecule has 4 nitrogen and oxygen atoms in total. The number of nitrogens with zero attached hydrogens (tertiary/aromatic N) is 1. The third kappa shape index (κ3) is 4.21. The van der Waals surface area contributed by atoms with E-state index < -0.39 is 0 Å². The smallest absolute Gasteiger partial charge is 0.271 e. The van der Waals surface area contributed by atoms with Crippen LogP contribution < -0.4 is 10.2 Å². The molecule has 26 heavy (non-hydrogen) atoms. The predicted octanol–water partition coefficient (Wildman–Crippen LogP) is 4.22. The Morgan fingerprint density at radius 1 is 1.15 bits per heavy atom. The Balaban J connectivity index is 1.86. The van der Waals surface area contributed by atoms with E-state index in [0.717, 1.165) is 19.9 Å². The molecule has 0 aliphatic carbocycles. The van der Waals surface area contributed by atoms with Crippen molar-refractivity contribution < 1.29 is 9.53 Å². The standard InChI is InChI=1S/C21H15IN2O2/c1-2-13-26-20-12-9-15-5-3-4-6-18(15)19(20)14-23-24-21(25)16-7-10-17(22)11-8-16/h1,3-12,14H,13H2,(H,24,25)/b23-14-. The molecule has 0 fully saturated rings. The summed E-state index contributed by atoms with van der Waals surface area (Å²) < 4.78 is 6.67. The highest BCUT2D eigenvalue weighted by Gasteiger charge is 2.08. The number of carbonyl (C=O) groups is 1. The molecule has 3 aromatic carbocycles. The third-order valence-electron chi connectivity index (χ3n) is 3.71. The molecule has 0 saturated carbocycles. The Bertz CT molecular complexity index is 1000. The molecule has 3 rings (SSSR count). The molecule has 0 atom stereocenters. The van der Waals surface area contributed by atoms with E-state index in [1.807, 2.05) is 48.5 Å². The van der Waals surface area contributed by atoms with Crippen molar-refractivity contribution in [2.24, 2.45) is 5.10 Å². The van der Waals surface area contributed by atoms with E-state index in [4.69, 9.17) is 11.2 Å². The number of amides is 1. The molecule has 3 aromatic rings. The number of benzene rings is 3. The fourth-order valence-electron chi connectivity index (χ4n) is 2.48. The van der Waals surface area contributed by atoms with Crippen LogP contribution in [-0.2, 0) is 0 Å². The zero-order valence-electron chi connectivity index (χ0n) is 13.8. The highest BCUT2D eigenvalue weighted by molar-refractivity contribution is 14.1. The number of hydrazone groups is 1.